The van der Waals surface area contributed by atoms with Crippen LogP contribution in [0.15, 0.2) is 18.2 Å². The van der Waals surface area contributed by atoms with Crippen molar-refractivity contribution in [2.24, 2.45) is 11.3 Å². The molecule has 0 aliphatic heterocycles. The maximum atomic E-state index is 13.7. The highest BCUT2D eigenvalue weighted by Gasteiger charge is 2.31. The van der Waals surface area contributed by atoms with Crippen molar-refractivity contribution in [1.29, 1.82) is 0 Å². The minimum absolute atomic E-state index is 0.232. The zero-order chi connectivity index (χ0) is 15.6. The Kier molecular flexibility index (Phi) is 4.55. The second-order valence-electron chi connectivity index (χ2n) is 7.13. The van der Waals surface area contributed by atoms with Gasteiger partial charge in [-0.25, -0.2) is 4.39 Å². The summed E-state index contributed by atoms with van der Waals surface area (Å²) in [7, 11) is 0. The van der Waals surface area contributed by atoms with E-state index in [1.54, 1.807) is 12.1 Å². The molecule has 1 aromatic carbocycles. The van der Waals surface area contributed by atoms with Gasteiger partial charge in [0, 0.05) is 18.7 Å². The molecule has 1 aliphatic rings. The number of amides is 1. The SMILES string of the molecule is CC(=O)Nc1cc(NC2CC(C)CC(C)(C)C2)ccc1F. The number of nitrogens with one attached hydrogen (secondary N) is 2. The topological polar surface area (TPSA) is 41.1 Å². The molecule has 1 amide bonds. The van der Waals surface area contributed by atoms with Crippen LogP contribution in [-0.2, 0) is 4.79 Å². The molecule has 0 radical (unpaired) electrons. The average Bonchev–Trinajstić information content (AvgIpc) is 2.30. The zero-order valence-electron chi connectivity index (χ0n) is 13.3. The monoisotopic (exact) mass is 292 g/mol. The lowest BCUT2D eigenvalue weighted by Crippen LogP contribution is -2.35. The van der Waals surface area contributed by atoms with Gasteiger partial charge in [-0.2, -0.15) is 0 Å². The fourth-order valence-electron chi connectivity index (χ4n) is 3.59. The smallest absolute Gasteiger partial charge is 0.221 e. The summed E-state index contributed by atoms with van der Waals surface area (Å²) in [5, 5.41) is 6.01. The van der Waals surface area contributed by atoms with E-state index in [2.05, 4.69) is 31.4 Å². The fourth-order valence-corrected chi connectivity index (χ4v) is 3.59. The molecule has 3 nitrogen and oxygen atoms in total. The van der Waals surface area contributed by atoms with E-state index >= 15 is 0 Å². The molecule has 1 aromatic rings. The normalized spacial score (nSPS) is 24.4. The summed E-state index contributed by atoms with van der Waals surface area (Å²) < 4.78 is 13.7. The Balaban J connectivity index is 2.10. The van der Waals surface area contributed by atoms with Gasteiger partial charge < -0.3 is 10.6 Å². The van der Waals surface area contributed by atoms with Crippen molar-refractivity contribution in [1.82, 2.24) is 0 Å². The van der Waals surface area contributed by atoms with Gasteiger partial charge in [-0.3, -0.25) is 4.79 Å². The molecular weight excluding hydrogens is 267 g/mol. The van der Waals surface area contributed by atoms with E-state index < -0.39 is 5.82 Å². The van der Waals surface area contributed by atoms with Crippen molar-refractivity contribution in [3.63, 3.8) is 0 Å². The standard InChI is InChI=1S/C17H25FN2O/c1-11-7-14(10-17(3,4)9-11)20-13-5-6-15(18)16(8-13)19-12(2)21/h5-6,8,11,14,20H,7,9-10H2,1-4H3,(H,19,21). The first-order chi connectivity index (χ1) is 9.75. The number of benzene rings is 1. The molecule has 0 aromatic heterocycles. The highest BCUT2D eigenvalue weighted by Crippen LogP contribution is 2.39. The number of hydrogen-bond acceptors (Lipinski definition) is 2. The summed E-state index contributed by atoms with van der Waals surface area (Å²) in [6.07, 6.45) is 3.46. The minimum Gasteiger partial charge on any atom is -0.382 e. The molecule has 21 heavy (non-hydrogen) atoms. The number of hydrogen-bond donors (Lipinski definition) is 2. The van der Waals surface area contributed by atoms with Gasteiger partial charge in [-0.05, 0) is 48.8 Å². The Morgan fingerprint density at radius 1 is 1.33 bits per heavy atom. The molecule has 1 fully saturated rings. The van der Waals surface area contributed by atoms with E-state index in [1.807, 2.05) is 0 Å². The Hall–Kier alpha value is -1.58. The molecule has 0 bridgehead atoms. The van der Waals surface area contributed by atoms with E-state index in [-0.39, 0.29) is 11.6 Å². The summed E-state index contributed by atoms with van der Waals surface area (Å²) in [4.78, 5) is 11.1. The summed E-state index contributed by atoms with van der Waals surface area (Å²) in [5.41, 5.74) is 1.42. The molecule has 0 saturated heterocycles. The van der Waals surface area contributed by atoms with Gasteiger partial charge in [0.2, 0.25) is 5.91 Å². The van der Waals surface area contributed by atoms with E-state index in [9.17, 15) is 9.18 Å². The van der Waals surface area contributed by atoms with Crippen LogP contribution in [0.25, 0.3) is 0 Å². The quantitative estimate of drug-likeness (QED) is 0.866. The molecule has 1 aliphatic carbocycles. The molecular formula is C17H25FN2O. The Labute approximate surface area is 126 Å². The van der Waals surface area contributed by atoms with Crippen molar-refractivity contribution in [2.45, 2.75) is 53.0 Å². The van der Waals surface area contributed by atoms with Gasteiger partial charge in [-0.1, -0.05) is 20.8 Å². The summed E-state index contributed by atoms with van der Waals surface area (Å²) in [6.45, 7) is 8.25. The first-order valence-corrected chi connectivity index (χ1v) is 7.59. The van der Waals surface area contributed by atoms with Gasteiger partial charge in [0.25, 0.3) is 0 Å². The van der Waals surface area contributed by atoms with E-state index in [0.29, 0.717) is 17.4 Å². The molecule has 0 spiro atoms. The van der Waals surface area contributed by atoms with Crippen molar-refractivity contribution in [2.75, 3.05) is 10.6 Å². The third kappa shape index (κ3) is 4.45. The lowest BCUT2D eigenvalue weighted by molar-refractivity contribution is -0.114. The van der Waals surface area contributed by atoms with Crippen molar-refractivity contribution < 1.29 is 9.18 Å². The van der Waals surface area contributed by atoms with Crippen LogP contribution >= 0.6 is 0 Å². The van der Waals surface area contributed by atoms with Gasteiger partial charge in [-0.15, -0.1) is 0 Å². The van der Waals surface area contributed by atoms with Crippen LogP contribution in [0.2, 0.25) is 0 Å². The minimum atomic E-state index is -0.409. The van der Waals surface area contributed by atoms with Crippen LogP contribution in [-0.4, -0.2) is 11.9 Å². The van der Waals surface area contributed by atoms with Crippen molar-refractivity contribution >= 4 is 17.3 Å². The average molecular weight is 292 g/mol. The van der Waals surface area contributed by atoms with Crippen LogP contribution in [0.1, 0.15) is 47.0 Å². The van der Waals surface area contributed by atoms with Crippen molar-refractivity contribution in [3.8, 4) is 0 Å². The third-order valence-corrected chi connectivity index (χ3v) is 4.03. The lowest BCUT2D eigenvalue weighted by Gasteiger charge is -2.39. The van der Waals surface area contributed by atoms with E-state index in [0.717, 1.165) is 18.5 Å². The molecule has 2 unspecified atom stereocenters. The summed E-state index contributed by atoms with van der Waals surface area (Å²) in [5.74, 6) is 0.00748. The zero-order valence-corrected chi connectivity index (χ0v) is 13.3. The number of rotatable bonds is 3. The number of anilines is 2. The van der Waals surface area contributed by atoms with E-state index in [1.165, 1.54) is 19.4 Å². The lowest BCUT2D eigenvalue weighted by atomic mass is 9.70. The van der Waals surface area contributed by atoms with Crippen LogP contribution in [0.4, 0.5) is 15.8 Å². The molecule has 116 valence electrons. The highest BCUT2D eigenvalue weighted by atomic mass is 19.1. The Morgan fingerprint density at radius 3 is 2.67 bits per heavy atom. The van der Waals surface area contributed by atoms with E-state index in [4.69, 9.17) is 0 Å². The second-order valence-corrected chi connectivity index (χ2v) is 7.13. The number of carbonyl (C=O) groups is 1. The van der Waals surface area contributed by atoms with Gasteiger partial charge in [0.15, 0.2) is 0 Å². The molecule has 2 N–H and O–H groups in total. The van der Waals surface area contributed by atoms with Crippen LogP contribution < -0.4 is 10.6 Å². The predicted molar refractivity (Wildman–Crippen MR) is 84.9 cm³/mol. The summed E-state index contributed by atoms with van der Waals surface area (Å²) in [6, 6.07) is 5.18. The molecule has 4 heteroatoms. The van der Waals surface area contributed by atoms with Crippen molar-refractivity contribution in [3.05, 3.63) is 24.0 Å². The maximum absolute atomic E-state index is 13.7. The van der Waals surface area contributed by atoms with Crippen LogP contribution in [0.3, 0.4) is 0 Å². The molecule has 0 heterocycles. The van der Waals surface area contributed by atoms with Crippen LogP contribution in [0.5, 0.6) is 0 Å². The highest BCUT2D eigenvalue weighted by molar-refractivity contribution is 5.89. The fraction of sp³-hybridized carbons (Fsp3) is 0.588. The summed E-state index contributed by atoms with van der Waals surface area (Å²) >= 11 is 0. The molecule has 2 atom stereocenters. The number of halogens is 1. The Bertz CT molecular complexity index is 528. The van der Waals surface area contributed by atoms with Crippen LogP contribution in [0, 0.1) is 17.2 Å². The molecule has 2 rings (SSSR count). The predicted octanol–water partition coefficient (Wildman–Crippen LogP) is 4.41. The first-order valence-electron chi connectivity index (χ1n) is 7.59. The maximum Gasteiger partial charge on any atom is 0.221 e. The third-order valence-electron chi connectivity index (χ3n) is 4.03. The first kappa shape index (κ1) is 15.8. The van der Waals surface area contributed by atoms with Gasteiger partial charge >= 0.3 is 0 Å². The Morgan fingerprint density at radius 2 is 2.05 bits per heavy atom. The second kappa shape index (κ2) is 6.04. The number of carbonyl (C=O) groups excluding carboxylic acids is 1. The largest absolute Gasteiger partial charge is 0.382 e. The van der Waals surface area contributed by atoms with Gasteiger partial charge in [0.1, 0.15) is 5.82 Å². The molecule has 1 saturated carbocycles. The van der Waals surface area contributed by atoms with Gasteiger partial charge in [0.05, 0.1) is 5.69 Å².